The van der Waals surface area contributed by atoms with Crippen molar-refractivity contribution in [1.29, 1.82) is 0 Å². The lowest BCUT2D eigenvalue weighted by molar-refractivity contribution is 0.102. The van der Waals surface area contributed by atoms with Crippen LogP contribution in [-0.2, 0) is 0 Å². The summed E-state index contributed by atoms with van der Waals surface area (Å²) in [4.78, 5) is 21.1. The minimum Gasteiger partial charge on any atom is -0.468 e. The highest BCUT2D eigenvalue weighted by Crippen LogP contribution is 2.29. The number of hydrogen-bond acceptors (Lipinski definition) is 9. The van der Waals surface area contributed by atoms with E-state index >= 15 is 0 Å². The molecule has 4 aromatic rings. The third-order valence-corrected chi connectivity index (χ3v) is 5.56. The van der Waals surface area contributed by atoms with Crippen molar-refractivity contribution in [2.75, 3.05) is 23.8 Å². The van der Waals surface area contributed by atoms with Crippen LogP contribution in [0, 0.1) is 0 Å². The third kappa shape index (κ3) is 5.68. The van der Waals surface area contributed by atoms with E-state index in [1.807, 2.05) is 49.4 Å². The minimum atomic E-state index is -0.380. The Hall–Kier alpha value is -3.89. The van der Waals surface area contributed by atoms with Gasteiger partial charge < -0.3 is 15.2 Å². The number of carbonyl (C=O) groups excluding carboxylic acids is 1. The summed E-state index contributed by atoms with van der Waals surface area (Å²) in [5.41, 5.74) is 2.69. The molecule has 0 aliphatic carbocycles. The van der Waals surface area contributed by atoms with Crippen molar-refractivity contribution in [3.63, 3.8) is 0 Å². The number of rotatable bonds is 9. The van der Waals surface area contributed by atoms with E-state index < -0.39 is 0 Å². The van der Waals surface area contributed by atoms with E-state index in [2.05, 4.69) is 30.8 Å². The molecule has 4 rings (SSSR count). The molecule has 0 aliphatic heterocycles. The summed E-state index contributed by atoms with van der Waals surface area (Å²) in [5.74, 6) is -0.0399. The van der Waals surface area contributed by atoms with Crippen LogP contribution in [0.15, 0.2) is 67.1 Å². The summed E-state index contributed by atoms with van der Waals surface area (Å²) in [5, 5.41) is 24.2. The summed E-state index contributed by atoms with van der Waals surface area (Å²) in [6, 6.07) is 15.0. The first kappa shape index (κ1) is 22.3. The lowest BCUT2D eigenvalue weighted by Crippen LogP contribution is -2.15. The first-order chi connectivity index (χ1) is 16.1. The Bertz CT molecular complexity index is 1200. The van der Waals surface area contributed by atoms with Gasteiger partial charge in [0.2, 0.25) is 11.0 Å². The van der Waals surface area contributed by atoms with Crippen LogP contribution in [0.5, 0.6) is 5.88 Å². The van der Waals surface area contributed by atoms with Gasteiger partial charge in [0, 0.05) is 30.7 Å². The molecule has 3 aromatic heterocycles. The van der Waals surface area contributed by atoms with E-state index in [1.54, 1.807) is 18.5 Å². The Kier molecular flexibility index (Phi) is 7.18. The highest BCUT2D eigenvalue weighted by Gasteiger charge is 2.17. The molecule has 0 bridgehead atoms. The predicted molar refractivity (Wildman–Crippen MR) is 126 cm³/mol. The van der Waals surface area contributed by atoms with Crippen LogP contribution < -0.4 is 15.4 Å². The number of anilines is 2. The number of hydrogen-bond donors (Lipinski definition) is 3. The maximum atomic E-state index is 12.8. The number of pyridine rings is 2. The maximum Gasteiger partial charge on any atom is 0.259 e. The standard InChI is InChI=1S/C23H22N6O3S/c1-15(16-5-3-2-4-6-16)32-21-19(25-11-12-30)13-18(14-26-21)20(31)27-23-29-28-22(33-23)17-7-9-24-10-8-17/h2-10,13-15,25,30H,11-12H2,1H3,(H,27,29,31). The topological polar surface area (TPSA) is 122 Å². The number of nitrogens with one attached hydrogen (secondary N) is 2. The largest absolute Gasteiger partial charge is 0.468 e. The molecule has 0 fully saturated rings. The fourth-order valence-corrected chi connectivity index (χ4v) is 3.75. The highest BCUT2D eigenvalue weighted by molar-refractivity contribution is 7.18. The second-order valence-corrected chi connectivity index (χ2v) is 7.98. The van der Waals surface area contributed by atoms with Gasteiger partial charge in [-0.15, -0.1) is 10.2 Å². The summed E-state index contributed by atoms with van der Waals surface area (Å²) in [6.45, 7) is 2.13. The lowest BCUT2D eigenvalue weighted by Gasteiger charge is -2.18. The molecule has 168 valence electrons. The minimum absolute atomic E-state index is 0.0767. The van der Waals surface area contributed by atoms with Crippen molar-refractivity contribution < 1.29 is 14.6 Å². The first-order valence-corrected chi connectivity index (χ1v) is 11.1. The Morgan fingerprint density at radius 1 is 1.15 bits per heavy atom. The Morgan fingerprint density at radius 3 is 2.70 bits per heavy atom. The molecule has 10 heteroatoms. The Labute approximate surface area is 194 Å². The molecule has 0 aliphatic rings. The zero-order valence-corrected chi connectivity index (χ0v) is 18.6. The van der Waals surface area contributed by atoms with Crippen LogP contribution in [0.25, 0.3) is 10.6 Å². The molecule has 0 spiro atoms. The molecule has 1 unspecified atom stereocenters. The van der Waals surface area contributed by atoms with E-state index in [0.717, 1.165) is 11.1 Å². The van der Waals surface area contributed by atoms with E-state index in [0.29, 0.717) is 27.3 Å². The van der Waals surface area contributed by atoms with Gasteiger partial charge in [0.1, 0.15) is 11.1 Å². The van der Waals surface area contributed by atoms with Gasteiger partial charge in [0.25, 0.3) is 5.91 Å². The van der Waals surface area contributed by atoms with Gasteiger partial charge in [0.15, 0.2) is 0 Å². The van der Waals surface area contributed by atoms with Gasteiger partial charge in [-0.3, -0.25) is 15.1 Å². The second kappa shape index (κ2) is 10.6. The quantitative estimate of drug-likeness (QED) is 0.343. The number of aliphatic hydroxyl groups excluding tert-OH is 1. The average Bonchev–Trinajstić information content (AvgIpc) is 3.33. The molecule has 1 amide bonds. The number of amides is 1. The molecular formula is C23H22N6O3S. The van der Waals surface area contributed by atoms with Crippen LogP contribution in [0.2, 0.25) is 0 Å². The van der Waals surface area contributed by atoms with Crippen molar-refractivity contribution in [3.8, 4) is 16.5 Å². The molecule has 3 N–H and O–H groups in total. The van der Waals surface area contributed by atoms with Gasteiger partial charge in [-0.25, -0.2) is 4.98 Å². The SMILES string of the molecule is CC(Oc1ncc(C(=O)Nc2nnc(-c3ccncc3)s2)cc1NCCO)c1ccccc1. The predicted octanol–water partition coefficient (Wildman–Crippen LogP) is 3.79. The van der Waals surface area contributed by atoms with Gasteiger partial charge in [-0.1, -0.05) is 41.7 Å². The number of carbonyl (C=O) groups is 1. The van der Waals surface area contributed by atoms with Crippen molar-refractivity contribution >= 4 is 28.1 Å². The van der Waals surface area contributed by atoms with Crippen molar-refractivity contribution in [2.24, 2.45) is 0 Å². The zero-order valence-electron chi connectivity index (χ0n) is 17.8. The smallest absolute Gasteiger partial charge is 0.259 e. The fraction of sp³-hybridized carbons (Fsp3) is 0.174. The second-order valence-electron chi connectivity index (χ2n) is 7.00. The lowest BCUT2D eigenvalue weighted by atomic mass is 10.1. The molecule has 9 nitrogen and oxygen atoms in total. The van der Waals surface area contributed by atoms with Gasteiger partial charge in [-0.2, -0.15) is 0 Å². The average molecular weight is 463 g/mol. The number of aliphatic hydroxyl groups is 1. The van der Waals surface area contributed by atoms with E-state index in [1.165, 1.54) is 17.5 Å². The molecule has 33 heavy (non-hydrogen) atoms. The molecule has 1 aromatic carbocycles. The first-order valence-electron chi connectivity index (χ1n) is 10.3. The molecule has 0 radical (unpaired) electrons. The monoisotopic (exact) mass is 462 g/mol. The fourth-order valence-electron chi connectivity index (χ4n) is 3.00. The van der Waals surface area contributed by atoms with Crippen LogP contribution in [-0.4, -0.2) is 44.3 Å². The Balaban J connectivity index is 1.50. The number of benzene rings is 1. The van der Waals surface area contributed by atoms with Crippen LogP contribution in [0.3, 0.4) is 0 Å². The Morgan fingerprint density at radius 2 is 1.94 bits per heavy atom. The molecule has 0 saturated heterocycles. The van der Waals surface area contributed by atoms with Crippen molar-refractivity contribution in [2.45, 2.75) is 13.0 Å². The normalized spacial score (nSPS) is 11.6. The van der Waals surface area contributed by atoms with Crippen LogP contribution >= 0.6 is 11.3 Å². The number of nitrogens with zero attached hydrogens (tertiary/aromatic N) is 4. The molecule has 3 heterocycles. The number of ether oxygens (including phenoxy) is 1. The van der Waals surface area contributed by atoms with E-state index in [4.69, 9.17) is 4.74 Å². The van der Waals surface area contributed by atoms with Crippen molar-refractivity contribution in [1.82, 2.24) is 20.2 Å². The highest BCUT2D eigenvalue weighted by atomic mass is 32.1. The number of aromatic nitrogens is 4. The van der Waals surface area contributed by atoms with Gasteiger partial charge in [-0.05, 0) is 30.7 Å². The summed E-state index contributed by atoms with van der Waals surface area (Å²) in [6.07, 6.45) is 4.53. The summed E-state index contributed by atoms with van der Waals surface area (Å²) < 4.78 is 6.02. The van der Waals surface area contributed by atoms with E-state index in [9.17, 15) is 9.90 Å². The maximum absolute atomic E-state index is 12.8. The van der Waals surface area contributed by atoms with E-state index in [-0.39, 0.29) is 25.2 Å². The third-order valence-electron chi connectivity index (χ3n) is 4.67. The molecule has 1 atom stereocenters. The van der Waals surface area contributed by atoms with Gasteiger partial charge in [0.05, 0.1) is 17.9 Å². The van der Waals surface area contributed by atoms with Crippen LogP contribution in [0.4, 0.5) is 10.8 Å². The zero-order chi connectivity index (χ0) is 23.0. The van der Waals surface area contributed by atoms with Crippen LogP contribution in [0.1, 0.15) is 28.9 Å². The molecular weight excluding hydrogens is 440 g/mol. The van der Waals surface area contributed by atoms with Gasteiger partial charge >= 0.3 is 0 Å². The summed E-state index contributed by atoms with van der Waals surface area (Å²) >= 11 is 1.26. The van der Waals surface area contributed by atoms with Crippen molar-refractivity contribution in [3.05, 3.63) is 78.2 Å². The molecule has 0 saturated carbocycles. The summed E-state index contributed by atoms with van der Waals surface area (Å²) in [7, 11) is 0.